The van der Waals surface area contributed by atoms with Crippen molar-refractivity contribution in [3.63, 3.8) is 0 Å². The maximum atomic E-state index is 10.8. The highest BCUT2D eigenvalue weighted by atomic mass is 16.7. The molecule has 0 bridgehead atoms. The summed E-state index contributed by atoms with van der Waals surface area (Å²) in [6.45, 7) is 3.34. The average molecular weight is 249 g/mol. The van der Waals surface area contributed by atoms with Crippen LogP contribution in [-0.2, 0) is 15.1 Å². The van der Waals surface area contributed by atoms with Crippen molar-refractivity contribution in [2.75, 3.05) is 13.2 Å². The average Bonchev–Trinajstić information content (AvgIpc) is 2.83. The van der Waals surface area contributed by atoms with E-state index in [1.807, 2.05) is 13.0 Å². The summed E-state index contributed by atoms with van der Waals surface area (Å²) in [7, 11) is 0. The number of nitrogens with zero attached hydrogens (tertiary/aromatic N) is 1. The summed E-state index contributed by atoms with van der Waals surface area (Å²) in [5.74, 6) is -0.427. The Labute approximate surface area is 107 Å². The van der Waals surface area contributed by atoms with Crippen LogP contribution in [0.15, 0.2) is 18.5 Å². The molecule has 18 heavy (non-hydrogen) atoms. The van der Waals surface area contributed by atoms with E-state index in [0.29, 0.717) is 26.1 Å². The van der Waals surface area contributed by atoms with Crippen LogP contribution >= 0.6 is 0 Å². The summed E-state index contributed by atoms with van der Waals surface area (Å²) in [5, 5.41) is 10.8. The number of hydrogen-bond acceptors (Lipinski definition) is 4. The lowest BCUT2D eigenvalue weighted by atomic mass is 9.77. The van der Waals surface area contributed by atoms with Crippen LogP contribution in [0.1, 0.15) is 36.8 Å². The van der Waals surface area contributed by atoms with Gasteiger partial charge in [0, 0.05) is 30.8 Å². The molecule has 0 aromatic carbocycles. The second kappa shape index (κ2) is 4.30. The van der Waals surface area contributed by atoms with E-state index in [0.717, 1.165) is 24.0 Å². The Morgan fingerprint density at radius 1 is 1.11 bits per heavy atom. The van der Waals surface area contributed by atoms with Gasteiger partial charge < -0.3 is 14.6 Å². The number of aromatic nitrogens is 1. The van der Waals surface area contributed by atoms with E-state index < -0.39 is 11.4 Å². The maximum absolute atomic E-state index is 10.8. The van der Waals surface area contributed by atoms with E-state index in [9.17, 15) is 5.11 Å². The quantitative estimate of drug-likeness (QED) is 0.826. The molecule has 1 saturated heterocycles. The molecule has 4 heteroatoms. The van der Waals surface area contributed by atoms with Gasteiger partial charge in [0.2, 0.25) is 0 Å². The Morgan fingerprint density at radius 2 is 1.78 bits per heavy atom. The van der Waals surface area contributed by atoms with Crippen LogP contribution in [0.25, 0.3) is 0 Å². The molecule has 2 heterocycles. The Bertz CT molecular complexity index is 430. The predicted octanol–water partition coefficient (Wildman–Crippen LogP) is 1.89. The normalized spacial score (nSPS) is 25.4. The topological polar surface area (TPSA) is 51.6 Å². The number of pyridine rings is 1. The SMILES string of the molecule is Cc1cncc(C2(O)CCC3(CC2)OCCO3)c1. The first kappa shape index (κ1) is 12.1. The summed E-state index contributed by atoms with van der Waals surface area (Å²) in [6.07, 6.45) is 6.40. The molecule has 3 rings (SSSR count). The maximum Gasteiger partial charge on any atom is 0.168 e. The number of ether oxygens (including phenoxy) is 2. The molecular formula is C14H19NO3. The molecule has 0 radical (unpaired) electrons. The van der Waals surface area contributed by atoms with Crippen molar-refractivity contribution in [1.29, 1.82) is 0 Å². The number of aryl methyl sites for hydroxylation is 1. The second-order valence-electron chi connectivity index (χ2n) is 5.39. The third-order valence-corrected chi connectivity index (χ3v) is 4.06. The summed E-state index contributed by atoms with van der Waals surface area (Å²) in [6, 6.07) is 2.02. The van der Waals surface area contributed by atoms with Gasteiger partial charge in [0.1, 0.15) is 0 Å². The van der Waals surface area contributed by atoms with Crippen LogP contribution in [-0.4, -0.2) is 29.1 Å². The lowest BCUT2D eigenvalue weighted by Crippen LogP contribution is -2.42. The third kappa shape index (κ3) is 2.05. The van der Waals surface area contributed by atoms with Crippen molar-refractivity contribution >= 4 is 0 Å². The van der Waals surface area contributed by atoms with E-state index >= 15 is 0 Å². The van der Waals surface area contributed by atoms with Crippen molar-refractivity contribution in [2.24, 2.45) is 0 Å². The zero-order valence-corrected chi connectivity index (χ0v) is 10.7. The summed E-state index contributed by atoms with van der Waals surface area (Å²) in [4.78, 5) is 4.17. The molecule has 0 amide bonds. The molecule has 1 aromatic heterocycles. The number of rotatable bonds is 1. The standard InChI is InChI=1S/C14H19NO3/c1-11-8-12(10-15-9-11)13(16)2-4-14(5-3-13)17-6-7-18-14/h8-10,16H,2-7H2,1H3. The monoisotopic (exact) mass is 249 g/mol. The number of aliphatic hydroxyl groups is 1. The first-order chi connectivity index (χ1) is 8.62. The fourth-order valence-corrected chi connectivity index (χ4v) is 2.93. The molecule has 1 spiro atoms. The fraction of sp³-hybridized carbons (Fsp3) is 0.643. The van der Waals surface area contributed by atoms with Gasteiger partial charge in [-0.1, -0.05) is 6.07 Å². The highest BCUT2D eigenvalue weighted by molar-refractivity contribution is 5.24. The number of hydrogen-bond donors (Lipinski definition) is 1. The van der Waals surface area contributed by atoms with Crippen LogP contribution < -0.4 is 0 Å². The van der Waals surface area contributed by atoms with E-state index in [1.165, 1.54) is 0 Å². The molecule has 4 nitrogen and oxygen atoms in total. The van der Waals surface area contributed by atoms with E-state index in [4.69, 9.17) is 9.47 Å². The highest BCUT2D eigenvalue weighted by Crippen LogP contribution is 2.44. The van der Waals surface area contributed by atoms with Gasteiger partial charge in [-0.05, 0) is 25.3 Å². The van der Waals surface area contributed by atoms with Gasteiger partial charge in [0.15, 0.2) is 5.79 Å². The van der Waals surface area contributed by atoms with Crippen LogP contribution in [0.5, 0.6) is 0 Å². The summed E-state index contributed by atoms with van der Waals surface area (Å²) in [5.41, 5.74) is 1.21. The zero-order chi connectivity index (χ0) is 12.6. The third-order valence-electron chi connectivity index (χ3n) is 4.06. The van der Waals surface area contributed by atoms with Gasteiger partial charge in [-0.2, -0.15) is 0 Å². The van der Waals surface area contributed by atoms with E-state index in [-0.39, 0.29) is 0 Å². The minimum atomic E-state index is -0.778. The molecule has 2 fully saturated rings. The molecule has 1 aliphatic heterocycles. The van der Waals surface area contributed by atoms with Crippen molar-refractivity contribution < 1.29 is 14.6 Å². The van der Waals surface area contributed by atoms with Crippen LogP contribution in [0.2, 0.25) is 0 Å². The van der Waals surface area contributed by atoms with Crippen molar-refractivity contribution in [1.82, 2.24) is 4.98 Å². The predicted molar refractivity (Wildman–Crippen MR) is 66.0 cm³/mol. The van der Waals surface area contributed by atoms with Crippen LogP contribution in [0.4, 0.5) is 0 Å². The van der Waals surface area contributed by atoms with Crippen molar-refractivity contribution in [3.8, 4) is 0 Å². The first-order valence-electron chi connectivity index (χ1n) is 6.54. The largest absolute Gasteiger partial charge is 0.385 e. The molecule has 0 atom stereocenters. The van der Waals surface area contributed by atoms with Crippen LogP contribution in [0.3, 0.4) is 0 Å². The second-order valence-corrected chi connectivity index (χ2v) is 5.39. The highest BCUT2D eigenvalue weighted by Gasteiger charge is 2.46. The van der Waals surface area contributed by atoms with E-state index in [2.05, 4.69) is 4.98 Å². The lowest BCUT2D eigenvalue weighted by molar-refractivity contribution is -0.204. The van der Waals surface area contributed by atoms with Gasteiger partial charge in [-0.3, -0.25) is 4.98 Å². The summed E-state index contributed by atoms with van der Waals surface area (Å²) < 4.78 is 11.4. The molecular weight excluding hydrogens is 230 g/mol. The smallest absolute Gasteiger partial charge is 0.168 e. The Kier molecular flexibility index (Phi) is 2.88. The van der Waals surface area contributed by atoms with Crippen molar-refractivity contribution in [2.45, 2.75) is 44.0 Å². The fourth-order valence-electron chi connectivity index (χ4n) is 2.93. The molecule has 1 saturated carbocycles. The van der Waals surface area contributed by atoms with Crippen LogP contribution in [0, 0.1) is 6.92 Å². The molecule has 1 N–H and O–H groups in total. The van der Waals surface area contributed by atoms with Gasteiger partial charge in [0.05, 0.1) is 18.8 Å². The molecule has 1 aromatic rings. The molecule has 0 unspecified atom stereocenters. The Hall–Kier alpha value is -0.970. The van der Waals surface area contributed by atoms with Gasteiger partial charge in [0.25, 0.3) is 0 Å². The Morgan fingerprint density at radius 3 is 2.39 bits per heavy atom. The van der Waals surface area contributed by atoms with Crippen molar-refractivity contribution in [3.05, 3.63) is 29.6 Å². The molecule has 2 aliphatic rings. The molecule has 98 valence electrons. The lowest BCUT2D eigenvalue weighted by Gasteiger charge is -2.40. The summed E-state index contributed by atoms with van der Waals surface area (Å²) >= 11 is 0. The minimum absolute atomic E-state index is 0.427. The van der Waals surface area contributed by atoms with Gasteiger partial charge in [-0.15, -0.1) is 0 Å². The van der Waals surface area contributed by atoms with E-state index in [1.54, 1.807) is 12.4 Å². The molecule has 1 aliphatic carbocycles. The van der Waals surface area contributed by atoms with Gasteiger partial charge >= 0.3 is 0 Å². The zero-order valence-electron chi connectivity index (χ0n) is 10.7. The first-order valence-corrected chi connectivity index (χ1v) is 6.54. The van der Waals surface area contributed by atoms with Gasteiger partial charge in [-0.25, -0.2) is 0 Å². The minimum Gasteiger partial charge on any atom is -0.385 e. The Balaban J connectivity index is 1.78.